The second-order valence-electron chi connectivity index (χ2n) is 4.54. The molecule has 0 bridgehead atoms. The Balaban J connectivity index is 2.25. The van der Waals surface area contributed by atoms with Crippen LogP contribution in [-0.4, -0.2) is 21.9 Å². The Morgan fingerprint density at radius 1 is 1.40 bits per heavy atom. The van der Waals surface area contributed by atoms with Gasteiger partial charge in [0.15, 0.2) is 5.11 Å². The molecule has 0 aliphatic heterocycles. The van der Waals surface area contributed by atoms with Gasteiger partial charge in [-0.1, -0.05) is 12.1 Å². The van der Waals surface area contributed by atoms with Crippen LogP contribution < -0.4 is 10.6 Å². The Kier molecular flexibility index (Phi) is 4.34. The van der Waals surface area contributed by atoms with E-state index in [-0.39, 0.29) is 5.82 Å². The molecule has 2 aromatic rings. The Morgan fingerprint density at radius 2 is 2.15 bits per heavy atom. The minimum Gasteiger partial charge on any atom is -0.366 e. The highest BCUT2D eigenvalue weighted by Gasteiger charge is 2.12. The third-order valence-electron chi connectivity index (χ3n) is 3.07. The number of hydrogen-bond acceptors (Lipinski definition) is 2. The molecule has 0 atom stereocenters. The summed E-state index contributed by atoms with van der Waals surface area (Å²) < 4.78 is 15.0. The average molecular weight is 292 g/mol. The SMILES string of the molecule is CNC(=S)Nc1c(C)nn(Cc2cccc(F)c2)c1C. The molecule has 0 saturated heterocycles. The first-order valence-corrected chi connectivity index (χ1v) is 6.69. The second-order valence-corrected chi connectivity index (χ2v) is 4.95. The van der Waals surface area contributed by atoms with E-state index in [1.54, 1.807) is 13.1 Å². The molecule has 2 rings (SSSR count). The van der Waals surface area contributed by atoms with Gasteiger partial charge in [-0.3, -0.25) is 4.68 Å². The minimum atomic E-state index is -0.237. The van der Waals surface area contributed by atoms with Crippen LogP contribution in [0.5, 0.6) is 0 Å². The summed E-state index contributed by atoms with van der Waals surface area (Å²) in [5, 5.41) is 11.0. The maximum atomic E-state index is 13.2. The molecular formula is C14H17FN4S. The number of nitrogens with zero attached hydrogens (tertiary/aromatic N) is 2. The molecule has 1 aromatic carbocycles. The van der Waals surface area contributed by atoms with Crippen LogP contribution in [-0.2, 0) is 6.54 Å². The Morgan fingerprint density at radius 3 is 2.80 bits per heavy atom. The van der Waals surface area contributed by atoms with Crippen LogP contribution in [0.15, 0.2) is 24.3 Å². The first kappa shape index (κ1) is 14.5. The molecule has 0 aliphatic rings. The van der Waals surface area contributed by atoms with Gasteiger partial charge in [0.2, 0.25) is 0 Å². The summed E-state index contributed by atoms with van der Waals surface area (Å²) in [5.41, 5.74) is 3.58. The van der Waals surface area contributed by atoms with Crippen molar-refractivity contribution in [2.24, 2.45) is 0 Å². The summed E-state index contributed by atoms with van der Waals surface area (Å²) >= 11 is 5.10. The molecule has 0 fully saturated rings. The van der Waals surface area contributed by atoms with Crippen LogP contribution >= 0.6 is 12.2 Å². The summed E-state index contributed by atoms with van der Waals surface area (Å²) in [4.78, 5) is 0. The van der Waals surface area contributed by atoms with Gasteiger partial charge in [0.25, 0.3) is 0 Å². The molecule has 0 unspecified atom stereocenters. The normalized spacial score (nSPS) is 10.4. The van der Waals surface area contributed by atoms with Crippen LogP contribution in [0.2, 0.25) is 0 Å². The van der Waals surface area contributed by atoms with Crippen molar-refractivity contribution in [2.75, 3.05) is 12.4 Å². The molecule has 6 heteroatoms. The highest BCUT2D eigenvalue weighted by Crippen LogP contribution is 2.20. The quantitative estimate of drug-likeness (QED) is 0.853. The standard InChI is InChI=1S/C14H17FN4S/c1-9-13(17-14(20)16-3)10(2)19(18-9)8-11-5-4-6-12(15)7-11/h4-7H,8H2,1-3H3,(H2,16,17,20). The van der Waals surface area contributed by atoms with Crippen LogP contribution in [0.3, 0.4) is 0 Å². The molecule has 0 saturated carbocycles. The molecule has 0 radical (unpaired) electrons. The van der Waals surface area contributed by atoms with Gasteiger partial charge in [-0.2, -0.15) is 5.10 Å². The van der Waals surface area contributed by atoms with E-state index in [9.17, 15) is 4.39 Å². The van der Waals surface area contributed by atoms with Crippen LogP contribution in [0, 0.1) is 19.7 Å². The molecule has 20 heavy (non-hydrogen) atoms. The molecule has 2 N–H and O–H groups in total. The summed E-state index contributed by atoms with van der Waals surface area (Å²) in [6.07, 6.45) is 0. The zero-order valence-corrected chi connectivity index (χ0v) is 12.5. The van der Waals surface area contributed by atoms with Crippen LogP contribution in [0.4, 0.5) is 10.1 Å². The maximum absolute atomic E-state index is 13.2. The van der Waals surface area contributed by atoms with Crippen molar-refractivity contribution in [3.05, 3.63) is 47.0 Å². The molecule has 4 nitrogen and oxygen atoms in total. The molecule has 106 valence electrons. The molecule has 0 aliphatic carbocycles. The van der Waals surface area contributed by atoms with Crippen molar-refractivity contribution in [1.82, 2.24) is 15.1 Å². The highest BCUT2D eigenvalue weighted by atomic mass is 32.1. The van der Waals surface area contributed by atoms with Crippen molar-refractivity contribution in [3.63, 3.8) is 0 Å². The number of halogens is 1. The van der Waals surface area contributed by atoms with E-state index in [0.717, 1.165) is 22.6 Å². The first-order chi connectivity index (χ1) is 9.51. The number of aromatic nitrogens is 2. The Labute approximate surface area is 123 Å². The van der Waals surface area contributed by atoms with Gasteiger partial charge < -0.3 is 10.6 Å². The van der Waals surface area contributed by atoms with Gasteiger partial charge in [0.05, 0.1) is 23.6 Å². The largest absolute Gasteiger partial charge is 0.366 e. The lowest BCUT2D eigenvalue weighted by atomic mass is 10.2. The molecule has 1 aromatic heterocycles. The third kappa shape index (κ3) is 3.14. The van der Waals surface area contributed by atoms with Gasteiger partial charge in [-0.25, -0.2) is 4.39 Å². The maximum Gasteiger partial charge on any atom is 0.170 e. The van der Waals surface area contributed by atoms with Crippen molar-refractivity contribution < 1.29 is 4.39 Å². The van der Waals surface area contributed by atoms with Gasteiger partial charge in [-0.15, -0.1) is 0 Å². The van der Waals surface area contributed by atoms with Gasteiger partial charge >= 0.3 is 0 Å². The van der Waals surface area contributed by atoms with E-state index in [0.29, 0.717) is 11.7 Å². The smallest absolute Gasteiger partial charge is 0.170 e. The van der Waals surface area contributed by atoms with Crippen LogP contribution in [0.1, 0.15) is 17.0 Å². The van der Waals surface area contributed by atoms with E-state index in [2.05, 4.69) is 15.7 Å². The summed E-state index contributed by atoms with van der Waals surface area (Å²) in [5.74, 6) is -0.237. The lowest BCUT2D eigenvalue weighted by molar-refractivity contribution is 0.616. The van der Waals surface area contributed by atoms with Gasteiger partial charge in [-0.05, 0) is 43.8 Å². The van der Waals surface area contributed by atoms with Crippen LogP contribution in [0.25, 0.3) is 0 Å². The fraction of sp³-hybridized carbons (Fsp3) is 0.286. The number of aryl methyl sites for hydroxylation is 1. The van der Waals surface area contributed by atoms with Crippen molar-refractivity contribution in [2.45, 2.75) is 20.4 Å². The number of anilines is 1. The van der Waals surface area contributed by atoms with Crippen molar-refractivity contribution >= 4 is 23.0 Å². The fourth-order valence-electron chi connectivity index (χ4n) is 2.02. The molecule has 0 amide bonds. The molecular weight excluding hydrogens is 275 g/mol. The van der Waals surface area contributed by atoms with E-state index in [4.69, 9.17) is 12.2 Å². The first-order valence-electron chi connectivity index (χ1n) is 6.28. The number of rotatable bonds is 3. The highest BCUT2D eigenvalue weighted by molar-refractivity contribution is 7.80. The van der Waals surface area contributed by atoms with Crippen molar-refractivity contribution in [3.8, 4) is 0 Å². The zero-order valence-electron chi connectivity index (χ0n) is 11.7. The van der Waals surface area contributed by atoms with Gasteiger partial charge in [0, 0.05) is 7.05 Å². The minimum absolute atomic E-state index is 0.237. The predicted molar refractivity (Wildman–Crippen MR) is 82.5 cm³/mol. The Bertz CT molecular complexity index is 636. The summed E-state index contributed by atoms with van der Waals surface area (Å²) in [6, 6.07) is 6.53. The van der Waals surface area contributed by atoms with E-state index < -0.39 is 0 Å². The van der Waals surface area contributed by atoms with E-state index in [1.807, 2.05) is 24.6 Å². The monoisotopic (exact) mass is 292 g/mol. The van der Waals surface area contributed by atoms with Crippen molar-refractivity contribution in [1.29, 1.82) is 0 Å². The van der Waals surface area contributed by atoms with E-state index in [1.165, 1.54) is 12.1 Å². The second kappa shape index (κ2) is 6.00. The fourth-order valence-corrected chi connectivity index (χ4v) is 2.12. The number of benzene rings is 1. The lowest BCUT2D eigenvalue weighted by Gasteiger charge is -2.08. The topological polar surface area (TPSA) is 41.9 Å². The number of nitrogens with one attached hydrogen (secondary N) is 2. The number of thiocarbonyl (C=S) groups is 1. The lowest BCUT2D eigenvalue weighted by Crippen LogP contribution is -2.24. The summed E-state index contributed by atoms with van der Waals surface area (Å²) in [6.45, 7) is 4.40. The average Bonchev–Trinajstić information content (AvgIpc) is 2.66. The zero-order chi connectivity index (χ0) is 14.7. The third-order valence-corrected chi connectivity index (χ3v) is 3.37. The summed E-state index contributed by atoms with van der Waals surface area (Å²) in [7, 11) is 1.76. The van der Waals surface area contributed by atoms with E-state index >= 15 is 0 Å². The number of hydrogen-bond donors (Lipinski definition) is 2. The predicted octanol–water partition coefficient (Wildman–Crippen LogP) is 2.60. The Hall–Kier alpha value is -1.95. The van der Waals surface area contributed by atoms with Gasteiger partial charge in [0.1, 0.15) is 5.82 Å². The molecule has 1 heterocycles. The molecule has 0 spiro atoms.